The fraction of sp³-hybridized carbons (Fsp3) is 0.203. The van der Waals surface area contributed by atoms with Crippen LogP contribution in [0.5, 0.6) is 40.2 Å². The van der Waals surface area contributed by atoms with E-state index in [-0.39, 0.29) is 74.8 Å². The van der Waals surface area contributed by atoms with E-state index < -0.39 is 129 Å². The lowest BCUT2D eigenvalue weighted by molar-refractivity contribution is -0.0499. The molecule has 5 N–H and O–H groups in total. The molecule has 0 bridgehead atoms. The molecule has 120 heavy (non-hydrogen) atoms. The van der Waals surface area contributed by atoms with Gasteiger partial charge in [-0.3, -0.25) is 61.6 Å². The number of sulfonamides is 1. The zero-order valence-corrected chi connectivity index (χ0v) is 72.9. The number of ether oxygens (including phenoxy) is 5. The van der Waals surface area contributed by atoms with Crippen molar-refractivity contribution in [3.05, 3.63) is 286 Å². The zero-order chi connectivity index (χ0) is 88.3. The van der Waals surface area contributed by atoms with Crippen LogP contribution < -0.4 is 83.4 Å². The molecule has 30 nitrogen and oxygen atoms in total. The first kappa shape index (κ1) is 90.6. The maximum absolute atomic E-state index is 15.5. The van der Waals surface area contributed by atoms with Crippen molar-refractivity contribution in [1.29, 1.82) is 0 Å². The number of nitrogens with zero attached hydrogens (tertiary/aromatic N) is 7. The van der Waals surface area contributed by atoms with E-state index in [0.29, 0.717) is 69.9 Å². The fourth-order valence-electron chi connectivity index (χ4n) is 11.7. The highest BCUT2D eigenvalue weighted by molar-refractivity contribution is 14.1. The number of nitrogens with two attached hydrogens (primary N) is 1. The molecule has 0 radical (unpaired) electrons. The lowest BCUT2D eigenvalue weighted by Crippen LogP contribution is -2.42. The van der Waals surface area contributed by atoms with E-state index in [1.807, 2.05) is 45.2 Å². The molecule has 12 rings (SSSR count). The predicted molar refractivity (Wildman–Crippen MR) is 461 cm³/mol. The number of aromatic nitrogens is 7. The minimum absolute atomic E-state index is 0.0298. The first-order valence-corrected chi connectivity index (χ1v) is 41.4. The molecule has 0 fully saturated rings. The van der Waals surface area contributed by atoms with Crippen LogP contribution in [-0.4, -0.2) is 91.9 Å². The van der Waals surface area contributed by atoms with Crippen LogP contribution in [0.2, 0.25) is 0 Å². The average Bonchev–Trinajstić information content (AvgIpc) is 0.729. The highest BCUT2D eigenvalue weighted by atomic mass is 127. The van der Waals surface area contributed by atoms with Crippen molar-refractivity contribution in [2.24, 2.45) is 26.9 Å². The Morgan fingerprint density at radius 2 is 0.933 bits per heavy atom. The number of hydrogen-bond donors (Lipinski definition) is 4. The molecule has 0 unspecified atom stereocenters. The molecule has 2 amide bonds. The van der Waals surface area contributed by atoms with Gasteiger partial charge in [-0.2, -0.15) is 21.6 Å². The van der Waals surface area contributed by atoms with Crippen molar-refractivity contribution in [3.8, 4) is 51.6 Å². The maximum Gasteiger partial charge on any atom is 0.534 e. The first-order valence-electron chi connectivity index (χ1n) is 35.1. The Hall–Kier alpha value is -11.7. The van der Waals surface area contributed by atoms with E-state index in [2.05, 4.69) is 19.5 Å². The number of pyridine rings is 3. The summed E-state index contributed by atoms with van der Waals surface area (Å²) in [5.74, 6) is -3.55. The summed E-state index contributed by atoms with van der Waals surface area (Å²) in [5.41, 5.74) is -6.46. The van der Waals surface area contributed by atoms with Crippen LogP contribution in [0.3, 0.4) is 0 Å². The number of aryl methyl sites for hydroxylation is 2. The third-order valence-electron chi connectivity index (χ3n) is 17.8. The molecular formula is C79H70F6I3N11O19S2. The summed E-state index contributed by atoms with van der Waals surface area (Å²) in [7, 11) is -3.09. The summed E-state index contributed by atoms with van der Waals surface area (Å²) < 4.78 is 174. The van der Waals surface area contributed by atoms with Crippen LogP contribution in [0, 0.1) is 42.0 Å². The number of methoxy groups -OCH3 is 2. The van der Waals surface area contributed by atoms with Gasteiger partial charge in [-0.15, -0.1) is 0 Å². The number of carbonyl (C=O) groups excluding carboxylic acids is 2. The number of anilines is 4. The van der Waals surface area contributed by atoms with Crippen molar-refractivity contribution >= 4 is 145 Å². The molecule has 0 saturated heterocycles. The van der Waals surface area contributed by atoms with E-state index in [1.54, 1.807) is 130 Å². The number of carbonyl (C=O) groups is 2. The zero-order valence-electron chi connectivity index (χ0n) is 64.8. The van der Waals surface area contributed by atoms with E-state index in [0.717, 1.165) is 49.6 Å². The third kappa shape index (κ3) is 20.1. The number of primary amides is 1. The highest BCUT2D eigenvalue weighted by Crippen LogP contribution is 2.38. The van der Waals surface area contributed by atoms with Gasteiger partial charge >= 0.3 is 33.1 Å². The molecule has 12 aromatic rings. The predicted octanol–water partition coefficient (Wildman–Crippen LogP) is 12.8. The Morgan fingerprint density at radius 1 is 0.517 bits per heavy atom. The second-order valence-electron chi connectivity index (χ2n) is 27.0. The summed E-state index contributed by atoms with van der Waals surface area (Å²) in [6.45, 7) is 9.40. The Kier molecular flexibility index (Phi) is 27.5. The van der Waals surface area contributed by atoms with Crippen LogP contribution in [0.1, 0.15) is 60.3 Å². The van der Waals surface area contributed by atoms with Crippen molar-refractivity contribution in [3.63, 3.8) is 0 Å². The van der Waals surface area contributed by atoms with Crippen LogP contribution >= 0.6 is 67.8 Å². The molecule has 0 atom stereocenters. The highest BCUT2D eigenvalue weighted by Gasteiger charge is 2.49. The Bertz CT molecular complexity index is 6810. The molecule has 0 aliphatic heterocycles. The maximum atomic E-state index is 15.5. The number of alkyl halides is 3. The van der Waals surface area contributed by atoms with E-state index in [4.69, 9.17) is 29.4 Å². The summed E-state index contributed by atoms with van der Waals surface area (Å²) in [6.07, 6.45) is -0.679. The SMILES string of the molecule is CCS(=O)(=O)Nc1cccc(Oc2cc(=O)n(C)c(Nc3ccc(I)cc3F)c2C(N)=O)c1C.COc1ccc(Cn2c(=O)c3c(OS(=O)(=O)C(F)(F)F)cc(=O)n(C)c3n(-c3ccc(I)cc3F)c2=O)cc1.COc1ccc(Cn2c(=O)c3c(Oc4cccc(NC(=O)OC(C)(C)C)c4C)cc(=O)n(C)c3n(-c3ccc(I)cc3F)c2=O)cc1. The van der Waals surface area contributed by atoms with Crippen molar-refractivity contribution in [1.82, 2.24) is 32.0 Å². The standard InChI is InChI=1S/C34H32FIN4O7.C23H16F4IN3O7S.C22H22FIN4O5S/c1-19-24(37-32(43)47-34(2,3)4)8-7-9-26(19)46-27-17-28(41)38(5)30-29(27)31(42)39(18-20-10-13-22(45-6)14-11-20)33(44)40(30)25-15-12-21(36)16-23(25)35;1-29-18(32)10-17(38-39(35,36)23(25,26)27)19-20(29)31(16-8-5-13(28)9-15(16)24)22(34)30(21(19)33)11-12-3-6-14(37-2)7-4-12;1-4-34(31,32)27-15-6-5-7-17(12(15)2)33-18-11-19(29)28(3)22(20(18)21(25)30)26-16-9-8-13(24)10-14(16)23/h7-17H,18H2,1-6H3,(H,37,43);3-10H,11H2,1-2H3;5-11,26-27H,4H2,1-3H3,(H2,25,30). The molecule has 0 spiro atoms. The van der Waals surface area contributed by atoms with Crippen LogP contribution in [-0.2, 0) is 59.1 Å². The largest absolute Gasteiger partial charge is 0.534 e. The summed E-state index contributed by atoms with van der Waals surface area (Å²) in [4.78, 5) is 119. The van der Waals surface area contributed by atoms with Gasteiger partial charge in [0.05, 0.1) is 61.5 Å². The van der Waals surface area contributed by atoms with E-state index >= 15 is 8.78 Å². The summed E-state index contributed by atoms with van der Waals surface area (Å²) >= 11 is 5.70. The van der Waals surface area contributed by atoms with Gasteiger partial charge in [-0.25, -0.2) is 45.1 Å². The van der Waals surface area contributed by atoms with Gasteiger partial charge in [0.15, 0.2) is 5.75 Å². The third-order valence-corrected chi connectivity index (χ3v) is 22.1. The van der Waals surface area contributed by atoms with Gasteiger partial charge < -0.3 is 38.9 Å². The van der Waals surface area contributed by atoms with Crippen LogP contribution in [0.15, 0.2) is 191 Å². The van der Waals surface area contributed by atoms with E-state index in [1.165, 1.54) is 89.8 Å². The molecule has 0 saturated carbocycles. The number of halogens is 9. The normalized spacial score (nSPS) is 11.6. The molecular weight excluding hydrogens is 1970 g/mol. The van der Waals surface area contributed by atoms with Gasteiger partial charge in [-0.05, 0) is 224 Å². The van der Waals surface area contributed by atoms with Gasteiger partial charge in [0.1, 0.15) is 91.0 Å². The van der Waals surface area contributed by atoms with Crippen molar-refractivity contribution in [2.45, 2.75) is 65.7 Å². The van der Waals surface area contributed by atoms with Crippen LogP contribution in [0.25, 0.3) is 33.4 Å². The van der Waals surface area contributed by atoms with Gasteiger partial charge in [0.2, 0.25) is 10.0 Å². The topological polar surface area (TPSA) is 374 Å². The average molecular weight is 2040 g/mol. The lowest BCUT2D eigenvalue weighted by Gasteiger charge is -2.21. The second kappa shape index (κ2) is 36.5. The van der Waals surface area contributed by atoms with Crippen LogP contribution in [0.4, 0.5) is 54.0 Å². The molecule has 41 heteroatoms. The molecule has 0 aliphatic rings. The molecule has 5 heterocycles. The van der Waals surface area contributed by atoms with Gasteiger partial charge in [-0.1, -0.05) is 36.4 Å². The van der Waals surface area contributed by atoms with Crippen molar-refractivity contribution < 1.29 is 80.6 Å². The minimum atomic E-state index is -6.34. The number of rotatable bonds is 21. The molecule has 5 aromatic heterocycles. The molecule has 0 aliphatic carbocycles. The summed E-state index contributed by atoms with van der Waals surface area (Å²) in [5, 5.41) is 4.43. The number of benzene rings is 7. The quantitative estimate of drug-likeness (QED) is 0.0225. The minimum Gasteiger partial charge on any atom is -0.497 e. The number of hydrogen-bond acceptors (Lipinski definition) is 20. The smallest absolute Gasteiger partial charge is 0.497 e. The van der Waals surface area contributed by atoms with Gasteiger partial charge in [0.25, 0.3) is 33.7 Å². The first-order chi connectivity index (χ1) is 56.3. The fourth-order valence-corrected chi connectivity index (χ4v) is 14.3. The lowest BCUT2D eigenvalue weighted by atomic mass is 10.1. The number of amides is 2. The Morgan fingerprint density at radius 3 is 1.37 bits per heavy atom. The molecule has 7 aromatic carbocycles. The molecule has 630 valence electrons. The Labute approximate surface area is 717 Å². The van der Waals surface area contributed by atoms with Gasteiger partial charge in [0, 0.05) is 61.2 Å². The second-order valence-corrected chi connectivity index (χ2v) is 34.3. The van der Waals surface area contributed by atoms with E-state index in [9.17, 15) is 77.5 Å². The monoisotopic (exact) mass is 2040 g/mol. The number of nitrogens with one attached hydrogen (secondary N) is 3. The Balaban J connectivity index is 0.000000192. The van der Waals surface area contributed by atoms with Crippen molar-refractivity contribution in [2.75, 3.05) is 35.3 Å². The summed E-state index contributed by atoms with van der Waals surface area (Å²) in [6, 6.07) is 37.2. The number of fused-ring (bicyclic) bond motifs is 2.